The average molecular weight is 335 g/mol. The van der Waals surface area contributed by atoms with E-state index in [0.717, 1.165) is 17.8 Å². The Balaban J connectivity index is 1.60. The van der Waals surface area contributed by atoms with Crippen molar-refractivity contribution in [1.82, 2.24) is 10.3 Å². The molecule has 2 aromatic rings. The number of nitrogens with zero attached hydrogens (tertiary/aromatic N) is 2. The monoisotopic (exact) mass is 335 g/mol. The zero-order chi connectivity index (χ0) is 17.5. The minimum absolute atomic E-state index is 0.0628. The van der Waals surface area contributed by atoms with Gasteiger partial charge >= 0.3 is 0 Å². The molecule has 0 atom stereocenters. The summed E-state index contributed by atoms with van der Waals surface area (Å²) in [5, 5.41) is 3.01. The quantitative estimate of drug-likeness (QED) is 0.792. The normalized spacial score (nSPS) is 13.9. The molecule has 4 heteroatoms. The molecule has 1 aromatic heterocycles. The van der Waals surface area contributed by atoms with Crippen molar-refractivity contribution in [3.05, 3.63) is 66.0 Å². The number of anilines is 2. The first kappa shape index (κ1) is 17.2. The molecule has 130 valence electrons. The molecule has 1 N–H and O–H groups in total. The summed E-state index contributed by atoms with van der Waals surface area (Å²) in [7, 11) is 1.98. The van der Waals surface area contributed by atoms with Crippen molar-refractivity contribution in [2.24, 2.45) is 0 Å². The van der Waals surface area contributed by atoms with Crippen molar-refractivity contribution in [3.8, 4) is 0 Å². The lowest BCUT2D eigenvalue weighted by Gasteiger charge is -2.19. The Morgan fingerprint density at radius 1 is 1.16 bits per heavy atom. The molecule has 0 saturated heterocycles. The average Bonchev–Trinajstić information content (AvgIpc) is 2.69. The Morgan fingerprint density at radius 3 is 2.76 bits per heavy atom. The number of nitrogens with one attached hydrogen (secondary N) is 1. The number of aromatic nitrogens is 1. The molecular formula is C21H25N3O. The highest BCUT2D eigenvalue weighted by Gasteiger charge is 2.10. The van der Waals surface area contributed by atoms with Crippen LogP contribution in [0.5, 0.6) is 0 Å². The zero-order valence-corrected chi connectivity index (χ0v) is 14.7. The number of carbonyl (C=O) groups excluding carboxylic acids is 1. The molecule has 3 rings (SSSR count). The summed E-state index contributed by atoms with van der Waals surface area (Å²) < 4.78 is 0. The van der Waals surface area contributed by atoms with Crippen LogP contribution < -0.4 is 10.2 Å². The second-order valence-electron chi connectivity index (χ2n) is 6.44. The van der Waals surface area contributed by atoms with Crippen LogP contribution in [0, 0.1) is 0 Å². The summed E-state index contributed by atoms with van der Waals surface area (Å²) in [6, 6.07) is 11.9. The van der Waals surface area contributed by atoms with Gasteiger partial charge in [0.1, 0.15) is 0 Å². The largest absolute Gasteiger partial charge is 0.352 e. The Bertz CT molecular complexity index is 740. The highest BCUT2D eigenvalue weighted by atomic mass is 16.1. The number of amides is 1. The highest BCUT2D eigenvalue weighted by Crippen LogP contribution is 2.23. The minimum Gasteiger partial charge on any atom is -0.352 e. The number of hydrogen-bond acceptors (Lipinski definition) is 3. The van der Waals surface area contributed by atoms with Crippen molar-refractivity contribution in [2.75, 3.05) is 18.5 Å². The molecule has 0 aliphatic heterocycles. The van der Waals surface area contributed by atoms with Crippen molar-refractivity contribution >= 4 is 17.3 Å². The number of hydrogen-bond donors (Lipinski definition) is 1. The van der Waals surface area contributed by atoms with E-state index in [0.29, 0.717) is 12.1 Å². The number of pyridine rings is 1. The van der Waals surface area contributed by atoms with Gasteiger partial charge in [0.15, 0.2) is 0 Å². The molecule has 0 fully saturated rings. The SMILES string of the molecule is CN(c1ccccc1)c1cncc(C(=O)NCCC2=CCCCC2)c1. The van der Waals surface area contributed by atoms with E-state index in [9.17, 15) is 4.79 Å². The van der Waals surface area contributed by atoms with Gasteiger partial charge in [-0.15, -0.1) is 0 Å². The second-order valence-corrected chi connectivity index (χ2v) is 6.44. The van der Waals surface area contributed by atoms with E-state index in [-0.39, 0.29) is 5.91 Å². The van der Waals surface area contributed by atoms with E-state index in [1.165, 1.54) is 31.3 Å². The van der Waals surface area contributed by atoms with Gasteiger partial charge in [0.2, 0.25) is 0 Å². The Hall–Kier alpha value is -2.62. The van der Waals surface area contributed by atoms with Crippen molar-refractivity contribution in [2.45, 2.75) is 32.1 Å². The van der Waals surface area contributed by atoms with E-state index in [1.54, 1.807) is 12.4 Å². The summed E-state index contributed by atoms with van der Waals surface area (Å²) in [6.45, 7) is 0.684. The van der Waals surface area contributed by atoms with E-state index in [1.807, 2.05) is 48.3 Å². The maximum absolute atomic E-state index is 12.4. The number of para-hydroxylation sites is 1. The molecule has 0 saturated carbocycles. The fourth-order valence-corrected chi connectivity index (χ4v) is 3.11. The van der Waals surface area contributed by atoms with E-state index >= 15 is 0 Å². The van der Waals surface area contributed by atoms with Crippen LogP contribution in [-0.2, 0) is 0 Å². The van der Waals surface area contributed by atoms with Gasteiger partial charge in [0.25, 0.3) is 5.91 Å². The van der Waals surface area contributed by atoms with Gasteiger partial charge < -0.3 is 10.2 Å². The van der Waals surface area contributed by atoms with Crippen LogP contribution in [0.1, 0.15) is 42.5 Å². The number of carbonyl (C=O) groups is 1. The summed E-state index contributed by atoms with van der Waals surface area (Å²) >= 11 is 0. The maximum Gasteiger partial charge on any atom is 0.252 e. The van der Waals surface area contributed by atoms with Gasteiger partial charge in [0.05, 0.1) is 17.4 Å². The summed E-state index contributed by atoms with van der Waals surface area (Å²) in [5.74, 6) is -0.0628. The first-order valence-electron chi connectivity index (χ1n) is 8.94. The maximum atomic E-state index is 12.4. The molecular weight excluding hydrogens is 310 g/mol. The predicted octanol–water partition coefficient (Wildman–Crippen LogP) is 4.47. The van der Waals surface area contributed by atoms with Crippen molar-refractivity contribution in [1.29, 1.82) is 0 Å². The Labute approximate surface area is 149 Å². The fraction of sp³-hybridized carbons (Fsp3) is 0.333. The lowest BCUT2D eigenvalue weighted by molar-refractivity contribution is 0.0953. The highest BCUT2D eigenvalue weighted by molar-refractivity contribution is 5.94. The first-order chi connectivity index (χ1) is 12.2. The molecule has 0 radical (unpaired) electrons. The van der Waals surface area contributed by atoms with Gasteiger partial charge in [-0.1, -0.05) is 29.8 Å². The van der Waals surface area contributed by atoms with Gasteiger partial charge in [-0.3, -0.25) is 9.78 Å². The first-order valence-corrected chi connectivity index (χ1v) is 8.94. The van der Waals surface area contributed by atoms with Crippen molar-refractivity contribution < 1.29 is 4.79 Å². The van der Waals surface area contributed by atoms with Crippen LogP contribution in [0.3, 0.4) is 0 Å². The van der Waals surface area contributed by atoms with E-state index < -0.39 is 0 Å². The Kier molecular flexibility index (Phi) is 5.83. The fourth-order valence-electron chi connectivity index (χ4n) is 3.11. The molecule has 1 amide bonds. The lowest BCUT2D eigenvalue weighted by atomic mass is 9.97. The lowest BCUT2D eigenvalue weighted by Crippen LogP contribution is -2.25. The van der Waals surface area contributed by atoms with Gasteiger partial charge in [-0.2, -0.15) is 0 Å². The summed E-state index contributed by atoms with van der Waals surface area (Å²) in [6.07, 6.45) is 11.6. The van der Waals surface area contributed by atoms with Crippen LogP contribution in [0.2, 0.25) is 0 Å². The number of rotatable bonds is 6. The molecule has 0 unspecified atom stereocenters. The second kappa shape index (κ2) is 8.47. The predicted molar refractivity (Wildman–Crippen MR) is 102 cm³/mol. The molecule has 0 bridgehead atoms. The van der Waals surface area contributed by atoms with E-state index in [4.69, 9.17) is 0 Å². The third-order valence-corrected chi connectivity index (χ3v) is 4.63. The number of allylic oxidation sites excluding steroid dienone is 1. The van der Waals surface area contributed by atoms with Crippen molar-refractivity contribution in [3.63, 3.8) is 0 Å². The zero-order valence-electron chi connectivity index (χ0n) is 14.7. The molecule has 4 nitrogen and oxygen atoms in total. The standard InChI is InChI=1S/C21H25N3O/c1-24(19-10-6-3-7-11-19)20-14-18(15-22-16-20)21(25)23-13-12-17-8-4-2-5-9-17/h3,6-8,10-11,14-16H,2,4-5,9,12-13H2,1H3,(H,23,25). The summed E-state index contributed by atoms with van der Waals surface area (Å²) in [5.41, 5.74) is 4.03. The van der Waals surface area contributed by atoms with Crippen LogP contribution in [0.4, 0.5) is 11.4 Å². The minimum atomic E-state index is -0.0628. The van der Waals surface area contributed by atoms with Gasteiger partial charge in [0, 0.05) is 25.5 Å². The topological polar surface area (TPSA) is 45.2 Å². The molecule has 1 aromatic carbocycles. The molecule has 1 aliphatic carbocycles. The van der Waals surface area contributed by atoms with Crippen LogP contribution in [0.25, 0.3) is 0 Å². The van der Waals surface area contributed by atoms with Crippen LogP contribution >= 0.6 is 0 Å². The van der Waals surface area contributed by atoms with E-state index in [2.05, 4.69) is 16.4 Å². The van der Waals surface area contributed by atoms with Gasteiger partial charge in [-0.25, -0.2) is 0 Å². The van der Waals surface area contributed by atoms with Crippen LogP contribution in [0.15, 0.2) is 60.4 Å². The third-order valence-electron chi connectivity index (χ3n) is 4.63. The summed E-state index contributed by atoms with van der Waals surface area (Å²) in [4.78, 5) is 18.7. The Morgan fingerprint density at radius 2 is 2.00 bits per heavy atom. The molecule has 1 heterocycles. The van der Waals surface area contributed by atoms with Gasteiger partial charge in [-0.05, 0) is 50.3 Å². The van der Waals surface area contributed by atoms with Crippen LogP contribution in [-0.4, -0.2) is 24.5 Å². The third kappa shape index (κ3) is 4.69. The molecule has 1 aliphatic rings. The smallest absolute Gasteiger partial charge is 0.252 e. The molecule has 0 spiro atoms. The molecule has 25 heavy (non-hydrogen) atoms. The number of benzene rings is 1.